The molecule has 0 atom stereocenters. The van der Waals surface area contributed by atoms with Crippen molar-refractivity contribution < 1.29 is 250 Å². The van der Waals surface area contributed by atoms with Gasteiger partial charge >= 0.3 is 0 Å². The number of ether oxygens (including phenoxy) is 7. The minimum atomic E-state index is 0. The van der Waals surface area contributed by atoms with Gasteiger partial charge < -0.3 is 74.0 Å². The average Bonchev–Trinajstić information content (AvgIpc) is 0.769. The van der Waals surface area contributed by atoms with Gasteiger partial charge in [-0.25, -0.2) is 0 Å². The van der Waals surface area contributed by atoms with Gasteiger partial charge in [-0.1, -0.05) is 59.2 Å². The average molecular weight is 2180 g/mol. The number of hydrogen-bond donors (Lipinski definition) is 8. The second kappa shape index (κ2) is 31.2. The first-order valence-corrected chi connectivity index (χ1v) is 28.7. The number of benzene rings is 12. The molecule has 21 heteroatoms. The summed E-state index contributed by atoms with van der Waals surface area (Å²) in [6.45, 7) is 1.57. The summed E-state index contributed by atoms with van der Waals surface area (Å²) < 4.78 is 40.9. The molecule has 0 amide bonds. The maximum Gasteiger partial charge on any atom is 0.146 e. The molecule has 0 bridgehead atoms. The van der Waals surface area contributed by atoms with E-state index in [1.54, 1.807) is 124 Å². The fourth-order valence-electron chi connectivity index (χ4n) is 11.9. The predicted molar refractivity (Wildman–Crippen MR) is 347 cm³/mol. The number of fused-ring (bicyclic) bond motifs is 20. The zero-order valence-corrected chi connectivity index (χ0v) is 70.7. The molecule has 4 aliphatic heterocycles. The van der Waals surface area contributed by atoms with Gasteiger partial charge in [0.2, 0.25) is 0 Å². The van der Waals surface area contributed by atoms with E-state index in [9.17, 15) is 40.9 Å². The van der Waals surface area contributed by atoms with E-state index in [0.29, 0.717) is 59.8 Å². The Balaban J connectivity index is 0.000000157. The van der Waals surface area contributed by atoms with E-state index >= 15 is 0 Å². The van der Waals surface area contributed by atoms with Crippen LogP contribution in [0.4, 0.5) is 0 Å². The van der Waals surface area contributed by atoms with E-state index in [1.807, 2.05) is 60.7 Å². The molecule has 0 unspecified atom stereocenters. The van der Waals surface area contributed by atoms with Crippen LogP contribution in [0.5, 0.6) is 86.2 Å². The van der Waals surface area contributed by atoms with Crippen molar-refractivity contribution in [1.82, 2.24) is 0 Å². The monoisotopic (exact) mass is 2180 g/mol. The van der Waals surface area contributed by atoms with Crippen molar-refractivity contribution in [1.29, 1.82) is 0 Å². The van der Waals surface area contributed by atoms with Gasteiger partial charge in [-0.3, -0.25) is 0 Å². The third-order valence-corrected chi connectivity index (χ3v) is 16.9. The molecule has 0 aliphatic carbocycles. The molecule has 0 fully saturated rings. The van der Waals surface area contributed by atoms with Gasteiger partial charge in [0.15, 0.2) is 0 Å². The quantitative estimate of drug-likeness (QED) is 0.0823. The van der Waals surface area contributed by atoms with Gasteiger partial charge in [0, 0.05) is 268 Å². The summed E-state index contributed by atoms with van der Waals surface area (Å²) in [6.07, 6.45) is 0. The molecule has 93 heavy (non-hydrogen) atoms. The molecule has 4 aliphatic rings. The number of methoxy groups -OCH3 is 3. The number of aromatic hydroxyl groups is 8. The van der Waals surface area contributed by atoms with Crippen LogP contribution < -0.4 is 33.2 Å². The third-order valence-electron chi connectivity index (χ3n) is 15.9. The van der Waals surface area contributed by atoms with Crippen molar-refractivity contribution in [2.45, 2.75) is 33.9 Å². The Bertz CT molecular complexity index is 4730. The number of halogens is 2. The normalized spacial score (nSPS) is 11.8. The van der Waals surface area contributed by atoms with E-state index < -0.39 is 0 Å². The Labute approximate surface area is 691 Å². The van der Waals surface area contributed by atoms with Gasteiger partial charge in [-0.05, 0) is 162 Å². The van der Waals surface area contributed by atoms with E-state index in [0.717, 1.165) is 126 Å². The van der Waals surface area contributed by atoms with Gasteiger partial charge in [-0.2, -0.15) is 0 Å². The van der Waals surface area contributed by atoms with E-state index in [-0.39, 0.29) is 230 Å². The van der Waals surface area contributed by atoms with Gasteiger partial charge in [-0.15, -0.1) is 0 Å². The fourth-order valence-corrected chi connectivity index (χ4v) is 12.8. The molecule has 12 aromatic carbocycles. The number of phenolic OH excluding ortho intramolecular Hbond substituents is 8. The molecule has 12 aromatic rings. The van der Waals surface area contributed by atoms with Crippen LogP contribution in [0.15, 0.2) is 168 Å². The summed E-state index contributed by atoms with van der Waals surface area (Å²) in [6, 6.07) is 47.3. The van der Waals surface area contributed by atoms with Crippen LogP contribution in [-0.4, -0.2) is 62.2 Å². The summed E-state index contributed by atoms with van der Waals surface area (Å²) in [5, 5.41) is 84.6. The van der Waals surface area contributed by atoms with Crippen molar-refractivity contribution >= 4 is 70.6 Å². The Morgan fingerprint density at radius 2 is 0.613 bits per heavy atom. The second-order valence-electron chi connectivity index (χ2n) is 21.1. The Hall–Kier alpha value is -4.78. The molecular weight excluding hydrogens is 2130 g/mol. The van der Waals surface area contributed by atoms with Crippen molar-refractivity contribution in [3.8, 4) is 131 Å². The first kappa shape index (κ1) is 74.0. The molecule has 16 rings (SSSR count). The summed E-state index contributed by atoms with van der Waals surface area (Å²) in [4.78, 5) is 0. The molecule has 0 aromatic heterocycles. The van der Waals surface area contributed by atoms with Crippen molar-refractivity contribution in [2.24, 2.45) is 0 Å². The summed E-state index contributed by atoms with van der Waals surface area (Å²) >= 11 is 10.1. The largest absolute Gasteiger partial charge is 0.508 e. The van der Waals surface area contributed by atoms with Crippen LogP contribution in [-0.2, 0) is 26.4 Å². The summed E-state index contributed by atoms with van der Waals surface area (Å²) in [5.41, 5.74) is 11.3. The predicted octanol–water partition coefficient (Wildman–Crippen LogP) is 17.3. The molecule has 0 saturated carbocycles. The maximum absolute atomic E-state index is 9.77. The first-order valence-electron chi connectivity index (χ1n) is 27.5. The van der Waals surface area contributed by atoms with Crippen LogP contribution in [0.3, 0.4) is 0 Å². The van der Waals surface area contributed by atoms with Crippen LogP contribution in [0.2, 0.25) is 5.02 Å². The summed E-state index contributed by atoms with van der Waals surface area (Å²) in [7, 11) is 4.75. The van der Waals surface area contributed by atoms with E-state index in [1.165, 1.54) is 0 Å². The van der Waals surface area contributed by atoms with Crippen molar-refractivity contribution in [3.05, 3.63) is 196 Å². The maximum atomic E-state index is 9.77. The SMILES string of the molecule is C.COc1c(Cl)c2c(c3ccc(O)cc13)OCc1cc(O)ccc1-2.COc1cc2c(c3ccc(O)cc13)OCc1cc(O)ccc1-2.COc1cc2c(c3ccc(O)cc13)OCc1cc(O)ccc1-2.Oc1ccc2c(c1)COc1c-2cc(Br)c2cc(O)ccc12.[Ac].[Ac].[Ac].[Ac]. The molecular formula is C72H56Ac4BrClO15. The molecule has 4 heterocycles. The second-order valence-corrected chi connectivity index (χ2v) is 22.4. The minimum Gasteiger partial charge on any atom is -0.508 e. The van der Waals surface area contributed by atoms with Crippen LogP contribution >= 0.6 is 27.5 Å². The van der Waals surface area contributed by atoms with Crippen LogP contribution in [0.1, 0.15) is 29.7 Å². The van der Waals surface area contributed by atoms with E-state index in [4.69, 9.17) is 44.8 Å². The van der Waals surface area contributed by atoms with Crippen LogP contribution in [0, 0.1) is 176 Å². The molecule has 15 nitrogen and oxygen atoms in total. The zero-order valence-electron chi connectivity index (χ0n) is 49.4. The summed E-state index contributed by atoms with van der Waals surface area (Å²) in [5.74, 6) is 6.46. The molecule has 0 spiro atoms. The molecule has 8 N–H and O–H groups in total. The standard InChI is InChI=1S/C18H13ClO4.2C18H14O4.C17H11BrO3.CH4.4Ac/c1-22-18-14-7-11(21)3-5-13(14)17-15(16(18)19)12-4-2-10(20)6-9(12)8-23-17;2*1-21-17-8-16-13-4-2-11(19)6-10(13)9-22-18(16)14-5-3-12(20)7-15(14)17;18-16-7-15-12-3-1-10(19)5-9(12)8-21-17(15)13-4-2-11(20)6-14(13)16;;;;;/h2-7,20-21H,8H2,1H3;2*2-8,19-20H,9H2,1H3;1-7,19-20H,8H2;1H4;;;;. The first-order chi connectivity index (χ1) is 42.6. The fraction of sp³-hybridized carbons (Fsp3) is 0.111. The third kappa shape index (κ3) is 14.5. The van der Waals surface area contributed by atoms with Crippen molar-refractivity contribution in [2.75, 3.05) is 21.3 Å². The number of rotatable bonds is 3. The Kier molecular flexibility index (Phi) is 24.8. The topological polar surface area (TPSA) is 226 Å². The van der Waals surface area contributed by atoms with E-state index in [2.05, 4.69) is 15.9 Å². The molecule has 0 saturated heterocycles. The van der Waals surface area contributed by atoms with Crippen LogP contribution in [0.25, 0.3) is 87.6 Å². The zero-order chi connectivity index (χ0) is 61.2. The minimum absolute atomic E-state index is 0. The van der Waals surface area contributed by atoms with Gasteiger partial charge in [0.1, 0.15) is 113 Å². The Morgan fingerprint density at radius 1 is 0.323 bits per heavy atom. The smallest absolute Gasteiger partial charge is 0.146 e. The van der Waals surface area contributed by atoms with Crippen molar-refractivity contribution in [3.63, 3.8) is 0 Å². The number of hydrogen-bond acceptors (Lipinski definition) is 15. The Morgan fingerprint density at radius 3 is 0.989 bits per heavy atom. The number of phenols is 8. The molecule has 460 valence electrons. The molecule has 4 radical (unpaired) electrons. The van der Waals surface area contributed by atoms with Gasteiger partial charge in [0.05, 0.1) is 26.4 Å². The van der Waals surface area contributed by atoms with Gasteiger partial charge in [0.25, 0.3) is 0 Å².